The van der Waals surface area contributed by atoms with E-state index in [0.29, 0.717) is 61.1 Å². The van der Waals surface area contributed by atoms with Crippen molar-refractivity contribution in [2.75, 3.05) is 60.6 Å². The third-order valence-corrected chi connectivity index (χ3v) is 6.80. The maximum atomic E-state index is 13.3. The average molecular weight is 487 g/mol. The van der Waals surface area contributed by atoms with Crippen molar-refractivity contribution < 1.29 is 28.6 Å². The molecule has 2 heterocycles. The molecule has 0 aromatic heterocycles. The second kappa shape index (κ2) is 10.6. The summed E-state index contributed by atoms with van der Waals surface area (Å²) in [4.78, 5) is 44.3. The fourth-order valence-corrected chi connectivity index (χ4v) is 4.62. The normalized spacial score (nSPS) is 21.0. The predicted octanol–water partition coefficient (Wildman–Crippen LogP) is 1.77. The van der Waals surface area contributed by atoms with E-state index >= 15 is 0 Å². The van der Waals surface area contributed by atoms with Crippen LogP contribution in [0.4, 0.5) is 4.79 Å². The number of hydrogen-bond donors (Lipinski definition) is 1. The molecule has 35 heavy (non-hydrogen) atoms. The SMILES string of the molecule is CCOC(=O)C1=C(CN2CCN(C(=O)C3CC3)CC2)N(C)C(=O)NC1c1cc(OC)ccc1OC. The summed E-state index contributed by atoms with van der Waals surface area (Å²) >= 11 is 0. The summed E-state index contributed by atoms with van der Waals surface area (Å²) in [7, 11) is 4.74. The van der Waals surface area contributed by atoms with Crippen LogP contribution in [0.2, 0.25) is 0 Å². The lowest BCUT2D eigenvalue weighted by molar-refractivity contribution is -0.139. The Kier molecular flexibility index (Phi) is 7.49. The number of likely N-dealkylation sites (N-methyl/N-ethyl adjacent to an activating group) is 1. The van der Waals surface area contributed by atoms with Gasteiger partial charge in [0, 0.05) is 56.9 Å². The van der Waals surface area contributed by atoms with Gasteiger partial charge in [-0.3, -0.25) is 14.6 Å². The Labute approximate surface area is 205 Å². The van der Waals surface area contributed by atoms with Crippen LogP contribution >= 0.6 is 0 Å². The molecule has 1 unspecified atom stereocenters. The van der Waals surface area contributed by atoms with E-state index < -0.39 is 12.0 Å². The molecule has 10 nitrogen and oxygen atoms in total. The van der Waals surface area contributed by atoms with Crippen LogP contribution in [0.1, 0.15) is 31.4 Å². The van der Waals surface area contributed by atoms with Crippen molar-refractivity contribution in [1.82, 2.24) is 20.0 Å². The smallest absolute Gasteiger partial charge is 0.338 e. The molecule has 2 fully saturated rings. The number of nitrogens with one attached hydrogen (secondary N) is 1. The van der Waals surface area contributed by atoms with Gasteiger partial charge in [-0.15, -0.1) is 0 Å². The van der Waals surface area contributed by atoms with Crippen LogP contribution in [-0.2, 0) is 14.3 Å². The van der Waals surface area contributed by atoms with E-state index in [1.807, 2.05) is 4.90 Å². The molecule has 2 aliphatic heterocycles. The zero-order valence-corrected chi connectivity index (χ0v) is 20.8. The van der Waals surface area contributed by atoms with Crippen LogP contribution in [0.3, 0.4) is 0 Å². The van der Waals surface area contributed by atoms with Gasteiger partial charge in [-0.25, -0.2) is 9.59 Å². The number of rotatable bonds is 8. The number of ether oxygens (including phenoxy) is 3. The number of carbonyl (C=O) groups excluding carboxylic acids is 3. The molecular weight excluding hydrogens is 452 g/mol. The van der Waals surface area contributed by atoms with Crippen LogP contribution in [0, 0.1) is 5.92 Å². The summed E-state index contributed by atoms with van der Waals surface area (Å²) in [5, 5.41) is 2.93. The molecule has 1 aromatic rings. The summed E-state index contributed by atoms with van der Waals surface area (Å²) in [6.07, 6.45) is 1.98. The number of methoxy groups -OCH3 is 2. The molecule has 1 saturated heterocycles. The first-order valence-corrected chi connectivity index (χ1v) is 12.0. The second-order valence-electron chi connectivity index (χ2n) is 9.01. The van der Waals surface area contributed by atoms with E-state index in [9.17, 15) is 14.4 Å². The third-order valence-electron chi connectivity index (χ3n) is 6.80. The summed E-state index contributed by atoms with van der Waals surface area (Å²) in [5.74, 6) is 1.05. The van der Waals surface area contributed by atoms with Crippen molar-refractivity contribution in [3.05, 3.63) is 35.0 Å². The van der Waals surface area contributed by atoms with Crippen molar-refractivity contribution in [1.29, 1.82) is 0 Å². The lowest BCUT2D eigenvalue weighted by Crippen LogP contribution is -2.53. The molecule has 0 bridgehead atoms. The van der Waals surface area contributed by atoms with Crippen LogP contribution in [-0.4, -0.2) is 93.2 Å². The first-order chi connectivity index (χ1) is 16.9. The number of esters is 1. The number of amides is 3. The van der Waals surface area contributed by atoms with Gasteiger partial charge in [0.2, 0.25) is 5.91 Å². The third kappa shape index (κ3) is 5.22. The standard InChI is InChI=1S/C25H34N4O6/c1-5-35-24(31)21-19(15-28-10-12-29(13-11-28)23(30)16-6-7-16)27(2)25(32)26-22(21)18-14-17(33-3)8-9-20(18)34-4/h8-9,14,16,22H,5-7,10-13,15H2,1-4H3,(H,26,32). The van der Waals surface area contributed by atoms with Crippen LogP contribution in [0.25, 0.3) is 0 Å². The highest BCUT2D eigenvalue weighted by Gasteiger charge is 2.40. The Hall–Kier alpha value is -3.27. The fourth-order valence-electron chi connectivity index (χ4n) is 4.62. The van der Waals surface area contributed by atoms with Gasteiger partial charge in [0.15, 0.2) is 0 Å². The Morgan fingerprint density at radius 3 is 2.40 bits per heavy atom. The quantitative estimate of drug-likeness (QED) is 0.559. The van der Waals surface area contributed by atoms with Crippen LogP contribution < -0.4 is 14.8 Å². The Balaban J connectivity index is 1.66. The Morgan fingerprint density at radius 1 is 1.09 bits per heavy atom. The average Bonchev–Trinajstić information content (AvgIpc) is 3.72. The summed E-state index contributed by atoms with van der Waals surface area (Å²) < 4.78 is 16.4. The molecule has 190 valence electrons. The summed E-state index contributed by atoms with van der Waals surface area (Å²) in [6.45, 7) is 4.95. The summed E-state index contributed by atoms with van der Waals surface area (Å²) in [6, 6.07) is 4.17. The number of hydrogen-bond acceptors (Lipinski definition) is 7. The van der Waals surface area contributed by atoms with Crippen molar-refractivity contribution in [3.63, 3.8) is 0 Å². The number of piperazine rings is 1. The molecule has 4 rings (SSSR count). The molecule has 1 N–H and O–H groups in total. The monoisotopic (exact) mass is 486 g/mol. The highest BCUT2D eigenvalue weighted by atomic mass is 16.5. The minimum absolute atomic E-state index is 0.200. The van der Waals surface area contributed by atoms with Gasteiger partial charge in [-0.1, -0.05) is 0 Å². The predicted molar refractivity (Wildman–Crippen MR) is 128 cm³/mol. The van der Waals surface area contributed by atoms with Gasteiger partial charge >= 0.3 is 12.0 Å². The van der Waals surface area contributed by atoms with Gasteiger partial charge in [0.25, 0.3) is 0 Å². The first kappa shape index (κ1) is 24.8. The van der Waals surface area contributed by atoms with Gasteiger partial charge in [-0.05, 0) is 38.0 Å². The molecule has 0 radical (unpaired) electrons. The minimum Gasteiger partial charge on any atom is -0.497 e. The largest absolute Gasteiger partial charge is 0.497 e. The Bertz CT molecular complexity index is 1010. The van der Waals surface area contributed by atoms with Crippen molar-refractivity contribution in [2.45, 2.75) is 25.8 Å². The first-order valence-electron chi connectivity index (χ1n) is 12.0. The van der Waals surface area contributed by atoms with Gasteiger partial charge < -0.3 is 24.4 Å². The molecule has 10 heteroatoms. The lowest BCUT2D eigenvalue weighted by Gasteiger charge is -2.39. The molecule has 3 aliphatic rings. The molecule has 3 amide bonds. The van der Waals surface area contributed by atoms with Crippen molar-refractivity contribution >= 4 is 17.9 Å². The number of carbonyl (C=O) groups is 3. The van der Waals surface area contributed by atoms with E-state index in [2.05, 4.69) is 10.2 Å². The molecule has 1 saturated carbocycles. The molecule has 1 aliphatic carbocycles. The van der Waals surface area contributed by atoms with Crippen LogP contribution in [0.5, 0.6) is 11.5 Å². The maximum Gasteiger partial charge on any atom is 0.338 e. The minimum atomic E-state index is -0.768. The zero-order chi connectivity index (χ0) is 25.1. The Morgan fingerprint density at radius 2 is 1.80 bits per heavy atom. The van der Waals surface area contributed by atoms with E-state index in [0.717, 1.165) is 12.8 Å². The van der Waals surface area contributed by atoms with Crippen LogP contribution in [0.15, 0.2) is 29.5 Å². The van der Waals surface area contributed by atoms with E-state index in [1.165, 1.54) is 4.90 Å². The molecule has 1 aromatic carbocycles. The zero-order valence-electron chi connectivity index (χ0n) is 20.8. The van der Waals surface area contributed by atoms with Gasteiger partial charge in [0.1, 0.15) is 11.5 Å². The number of benzene rings is 1. The molecule has 0 spiro atoms. The van der Waals surface area contributed by atoms with E-state index in [1.54, 1.807) is 46.4 Å². The number of nitrogens with zero attached hydrogens (tertiary/aromatic N) is 3. The fraction of sp³-hybridized carbons (Fsp3) is 0.560. The van der Waals surface area contributed by atoms with E-state index in [4.69, 9.17) is 14.2 Å². The number of urea groups is 1. The van der Waals surface area contributed by atoms with Gasteiger partial charge in [-0.2, -0.15) is 0 Å². The second-order valence-corrected chi connectivity index (χ2v) is 9.01. The van der Waals surface area contributed by atoms with Gasteiger partial charge in [0.05, 0.1) is 32.4 Å². The lowest BCUT2D eigenvalue weighted by atomic mass is 9.93. The maximum absolute atomic E-state index is 13.3. The highest BCUT2D eigenvalue weighted by molar-refractivity contribution is 5.95. The highest BCUT2D eigenvalue weighted by Crippen LogP contribution is 2.38. The topological polar surface area (TPSA) is 101 Å². The molecule has 1 atom stereocenters. The van der Waals surface area contributed by atoms with Crippen molar-refractivity contribution in [3.8, 4) is 11.5 Å². The molecular formula is C25H34N4O6. The summed E-state index contributed by atoms with van der Waals surface area (Å²) in [5.41, 5.74) is 1.54. The van der Waals surface area contributed by atoms with Crippen molar-refractivity contribution in [2.24, 2.45) is 5.92 Å². The van der Waals surface area contributed by atoms with E-state index in [-0.39, 0.29) is 24.5 Å².